The largest absolute Gasteiger partial charge is 0.486 e. The molecule has 1 aromatic carbocycles. The van der Waals surface area contributed by atoms with Crippen molar-refractivity contribution in [3.63, 3.8) is 0 Å². The molecule has 0 spiro atoms. The van der Waals surface area contributed by atoms with Gasteiger partial charge in [-0.25, -0.2) is 0 Å². The molecule has 0 bridgehead atoms. The van der Waals surface area contributed by atoms with Gasteiger partial charge in [0.05, 0.1) is 6.20 Å². The van der Waals surface area contributed by atoms with E-state index in [1.807, 2.05) is 31.3 Å². The number of aliphatic hydroxyl groups is 1. The van der Waals surface area contributed by atoms with Crippen molar-refractivity contribution in [2.45, 2.75) is 19.6 Å². The highest BCUT2D eigenvalue weighted by Crippen LogP contribution is 2.38. The van der Waals surface area contributed by atoms with Gasteiger partial charge < -0.3 is 14.6 Å². The third-order valence-electron chi connectivity index (χ3n) is 3.18. The number of aryl methyl sites for hydroxylation is 1. The first-order valence-electron chi connectivity index (χ1n) is 6.38. The maximum absolute atomic E-state index is 10.5. The molecule has 2 heterocycles. The summed E-state index contributed by atoms with van der Waals surface area (Å²) in [6.45, 7) is 3.83. The molecule has 19 heavy (non-hydrogen) atoms. The smallest absolute Gasteiger partial charge is 0.167 e. The van der Waals surface area contributed by atoms with Crippen LogP contribution in [0.15, 0.2) is 30.6 Å². The third-order valence-corrected chi connectivity index (χ3v) is 3.18. The van der Waals surface area contributed by atoms with E-state index < -0.39 is 6.10 Å². The molecule has 0 fully saturated rings. The number of nitrogens with zero attached hydrogens (tertiary/aromatic N) is 2. The van der Waals surface area contributed by atoms with Gasteiger partial charge in [-0.1, -0.05) is 12.1 Å². The van der Waals surface area contributed by atoms with Crippen LogP contribution in [0.1, 0.15) is 24.2 Å². The molecule has 1 atom stereocenters. The van der Waals surface area contributed by atoms with Crippen LogP contribution in [-0.2, 0) is 6.54 Å². The fourth-order valence-corrected chi connectivity index (χ4v) is 2.18. The Morgan fingerprint density at radius 3 is 3.00 bits per heavy atom. The molecule has 0 aliphatic carbocycles. The standard InChI is InChI=1S/C14H16N2O3/c1-2-16-9-10(8-15-16)13(17)11-4-3-5-12-14(11)19-7-6-18-12/h3-5,8-9,13,17H,2,6-7H2,1H3. The Bertz CT molecular complexity index is 580. The fourth-order valence-electron chi connectivity index (χ4n) is 2.18. The minimum absolute atomic E-state index is 0.505. The maximum Gasteiger partial charge on any atom is 0.167 e. The molecule has 0 saturated heterocycles. The van der Waals surface area contributed by atoms with Crippen LogP contribution in [0.2, 0.25) is 0 Å². The van der Waals surface area contributed by atoms with Gasteiger partial charge >= 0.3 is 0 Å². The number of aromatic nitrogens is 2. The molecule has 0 radical (unpaired) electrons. The Morgan fingerprint density at radius 2 is 2.21 bits per heavy atom. The summed E-state index contributed by atoms with van der Waals surface area (Å²) in [5.41, 5.74) is 1.47. The summed E-state index contributed by atoms with van der Waals surface area (Å²) in [6.07, 6.45) is 2.77. The van der Waals surface area contributed by atoms with E-state index in [9.17, 15) is 5.11 Å². The van der Waals surface area contributed by atoms with Gasteiger partial charge in [-0.3, -0.25) is 4.68 Å². The third kappa shape index (κ3) is 2.17. The van der Waals surface area contributed by atoms with Crippen LogP contribution in [0.4, 0.5) is 0 Å². The van der Waals surface area contributed by atoms with E-state index in [4.69, 9.17) is 9.47 Å². The summed E-state index contributed by atoms with van der Waals surface area (Å²) >= 11 is 0. The normalized spacial score (nSPS) is 15.3. The second-order valence-electron chi connectivity index (χ2n) is 4.40. The summed E-state index contributed by atoms with van der Waals surface area (Å²) in [5, 5.41) is 14.6. The van der Waals surface area contributed by atoms with Crippen molar-refractivity contribution < 1.29 is 14.6 Å². The lowest BCUT2D eigenvalue weighted by Crippen LogP contribution is -2.17. The highest BCUT2D eigenvalue weighted by molar-refractivity contribution is 5.50. The van der Waals surface area contributed by atoms with Gasteiger partial charge in [-0.15, -0.1) is 0 Å². The molecule has 5 heteroatoms. The molecule has 1 unspecified atom stereocenters. The van der Waals surface area contributed by atoms with Crippen LogP contribution < -0.4 is 9.47 Å². The number of fused-ring (bicyclic) bond motifs is 1. The zero-order chi connectivity index (χ0) is 13.2. The number of ether oxygens (including phenoxy) is 2. The summed E-state index contributed by atoms with van der Waals surface area (Å²) in [7, 11) is 0. The lowest BCUT2D eigenvalue weighted by Gasteiger charge is -2.22. The number of rotatable bonds is 3. The van der Waals surface area contributed by atoms with Crippen molar-refractivity contribution in [1.29, 1.82) is 0 Å². The SMILES string of the molecule is CCn1cc(C(O)c2cccc3c2OCCO3)cn1. The van der Waals surface area contributed by atoms with Crippen molar-refractivity contribution in [3.05, 3.63) is 41.7 Å². The van der Waals surface area contributed by atoms with E-state index in [-0.39, 0.29) is 0 Å². The molecule has 100 valence electrons. The van der Waals surface area contributed by atoms with E-state index in [1.165, 1.54) is 0 Å². The number of para-hydroxylation sites is 1. The Balaban J connectivity index is 1.97. The van der Waals surface area contributed by atoms with E-state index in [2.05, 4.69) is 5.10 Å². The Morgan fingerprint density at radius 1 is 1.37 bits per heavy atom. The van der Waals surface area contributed by atoms with Crippen LogP contribution in [0, 0.1) is 0 Å². The zero-order valence-corrected chi connectivity index (χ0v) is 10.7. The van der Waals surface area contributed by atoms with E-state index in [0.717, 1.165) is 12.1 Å². The van der Waals surface area contributed by atoms with Crippen LogP contribution in [0.3, 0.4) is 0 Å². The number of benzene rings is 1. The maximum atomic E-state index is 10.5. The predicted octanol–water partition coefficient (Wildman–Crippen LogP) is 1.76. The molecule has 1 aliphatic rings. The van der Waals surface area contributed by atoms with Gasteiger partial charge in [0.1, 0.15) is 19.3 Å². The summed E-state index contributed by atoms with van der Waals surface area (Å²) < 4.78 is 12.9. The van der Waals surface area contributed by atoms with E-state index in [0.29, 0.717) is 30.3 Å². The zero-order valence-electron chi connectivity index (χ0n) is 10.7. The monoisotopic (exact) mass is 260 g/mol. The number of hydrogen-bond donors (Lipinski definition) is 1. The molecular weight excluding hydrogens is 244 g/mol. The van der Waals surface area contributed by atoms with Gasteiger partial charge in [0.2, 0.25) is 0 Å². The quantitative estimate of drug-likeness (QED) is 0.913. The van der Waals surface area contributed by atoms with Crippen molar-refractivity contribution >= 4 is 0 Å². The van der Waals surface area contributed by atoms with Gasteiger partial charge in [0.25, 0.3) is 0 Å². The van der Waals surface area contributed by atoms with Crippen LogP contribution in [0.25, 0.3) is 0 Å². The van der Waals surface area contributed by atoms with Crippen LogP contribution >= 0.6 is 0 Å². The van der Waals surface area contributed by atoms with Gasteiger partial charge in [-0.2, -0.15) is 5.10 Å². The Labute approximate surface area is 111 Å². The van der Waals surface area contributed by atoms with Gasteiger partial charge in [0.15, 0.2) is 11.5 Å². The second kappa shape index (κ2) is 4.93. The highest BCUT2D eigenvalue weighted by atomic mass is 16.6. The molecule has 0 amide bonds. The van der Waals surface area contributed by atoms with Crippen molar-refractivity contribution in [1.82, 2.24) is 9.78 Å². The predicted molar refractivity (Wildman–Crippen MR) is 69.4 cm³/mol. The van der Waals surface area contributed by atoms with Gasteiger partial charge in [-0.05, 0) is 13.0 Å². The molecule has 5 nitrogen and oxygen atoms in total. The average molecular weight is 260 g/mol. The number of hydrogen-bond acceptors (Lipinski definition) is 4. The summed E-state index contributed by atoms with van der Waals surface area (Å²) in [4.78, 5) is 0. The molecule has 0 saturated carbocycles. The van der Waals surface area contributed by atoms with Crippen LogP contribution in [0.5, 0.6) is 11.5 Å². The first kappa shape index (κ1) is 12.0. The Hall–Kier alpha value is -2.01. The summed E-state index contributed by atoms with van der Waals surface area (Å²) in [6, 6.07) is 5.55. The van der Waals surface area contributed by atoms with E-state index >= 15 is 0 Å². The Kier molecular flexibility index (Phi) is 3.13. The average Bonchev–Trinajstić information content (AvgIpc) is 2.95. The molecule has 2 aromatic rings. The first-order chi connectivity index (χ1) is 9.29. The molecule has 1 N–H and O–H groups in total. The second-order valence-corrected chi connectivity index (χ2v) is 4.40. The van der Waals surface area contributed by atoms with Crippen molar-refractivity contribution in [2.75, 3.05) is 13.2 Å². The molecular formula is C14H16N2O3. The van der Waals surface area contributed by atoms with E-state index in [1.54, 1.807) is 10.9 Å². The lowest BCUT2D eigenvalue weighted by molar-refractivity contribution is 0.158. The minimum atomic E-state index is -0.753. The first-order valence-corrected chi connectivity index (χ1v) is 6.38. The number of aliphatic hydroxyl groups excluding tert-OH is 1. The fraction of sp³-hybridized carbons (Fsp3) is 0.357. The van der Waals surface area contributed by atoms with Crippen molar-refractivity contribution in [3.8, 4) is 11.5 Å². The lowest BCUT2D eigenvalue weighted by atomic mass is 10.0. The molecule has 3 rings (SSSR count). The molecule has 1 aliphatic heterocycles. The van der Waals surface area contributed by atoms with Gasteiger partial charge in [0, 0.05) is 23.9 Å². The van der Waals surface area contributed by atoms with Crippen LogP contribution in [-0.4, -0.2) is 28.1 Å². The topological polar surface area (TPSA) is 56.5 Å². The molecule has 1 aromatic heterocycles. The minimum Gasteiger partial charge on any atom is -0.486 e. The highest BCUT2D eigenvalue weighted by Gasteiger charge is 2.22. The van der Waals surface area contributed by atoms with Crippen molar-refractivity contribution in [2.24, 2.45) is 0 Å². The summed E-state index contributed by atoms with van der Waals surface area (Å²) in [5.74, 6) is 1.32.